The first-order chi connectivity index (χ1) is 8.83. The fourth-order valence-corrected chi connectivity index (χ4v) is 2.96. The Morgan fingerprint density at radius 1 is 1.26 bits per heavy atom. The minimum absolute atomic E-state index is 0. The molecule has 0 aromatic heterocycles. The smallest absolute Gasteiger partial charge is 0.164 e. The summed E-state index contributed by atoms with van der Waals surface area (Å²) in [7, 11) is 3.35. The summed E-state index contributed by atoms with van der Waals surface area (Å²) < 4.78 is 16.7. The maximum Gasteiger partial charge on any atom is 0.164 e. The molecule has 5 heteroatoms. The number of halogens is 1. The Morgan fingerprint density at radius 3 is 2.84 bits per heavy atom. The van der Waals surface area contributed by atoms with E-state index in [1.54, 1.807) is 14.2 Å². The van der Waals surface area contributed by atoms with Crippen molar-refractivity contribution in [1.29, 1.82) is 0 Å². The summed E-state index contributed by atoms with van der Waals surface area (Å²) in [5.74, 6) is 3.61. The minimum atomic E-state index is 0. The second-order valence-corrected chi connectivity index (χ2v) is 4.92. The predicted molar refractivity (Wildman–Crippen MR) is 76.0 cm³/mol. The van der Waals surface area contributed by atoms with E-state index in [0.717, 1.165) is 36.9 Å². The Labute approximate surface area is 119 Å². The van der Waals surface area contributed by atoms with Crippen molar-refractivity contribution in [1.82, 2.24) is 5.32 Å². The molecule has 0 amide bonds. The van der Waals surface area contributed by atoms with E-state index in [2.05, 4.69) is 11.4 Å². The van der Waals surface area contributed by atoms with Crippen molar-refractivity contribution in [2.24, 2.45) is 5.92 Å². The Bertz CT molecular complexity index is 453. The van der Waals surface area contributed by atoms with E-state index in [1.165, 1.54) is 12.0 Å². The van der Waals surface area contributed by atoms with Crippen LogP contribution < -0.4 is 19.5 Å². The van der Waals surface area contributed by atoms with Crippen molar-refractivity contribution in [3.8, 4) is 17.2 Å². The maximum atomic E-state index is 5.91. The molecule has 2 aliphatic rings. The number of methoxy groups -OCH3 is 2. The third kappa shape index (κ3) is 2.47. The van der Waals surface area contributed by atoms with Gasteiger partial charge in [-0.15, -0.1) is 12.4 Å². The third-order valence-electron chi connectivity index (χ3n) is 3.98. The molecule has 1 aromatic carbocycles. The van der Waals surface area contributed by atoms with Crippen LogP contribution in [0, 0.1) is 5.92 Å². The van der Waals surface area contributed by atoms with Gasteiger partial charge in [-0.3, -0.25) is 0 Å². The first-order valence-corrected chi connectivity index (χ1v) is 6.43. The quantitative estimate of drug-likeness (QED) is 0.904. The molecule has 1 saturated heterocycles. The zero-order chi connectivity index (χ0) is 12.5. The molecular weight excluding hydrogens is 266 g/mol. The molecule has 106 valence electrons. The van der Waals surface area contributed by atoms with E-state index < -0.39 is 0 Å². The number of nitrogens with one attached hydrogen (secondary N) is 1. The standard InChI is InChI=1S/C14H19NO3.ClH/c1-16-10-5-11-12-7-15-4-3-9(12)8-18-14(11)13(6-10)17-2;/h5-6,9,12,15H,3-4,7-8H2,1-2H3;1H/t9-,12-;/m0./s1. The van der Waals surface area contributed by atoms with E-state index in [9.17, 15) is 0 Å². The lowest BCUT2D eigenvalue weighted by Gasteiger charge is -2.37. The van der Waals surface area contributed by atoms with Gasteiger partial charge in [0.05, 0.1) is 20.8 Å². The van der Waals surface area contributed by atoms with E-state index in [0.29, 0.717) is 11.8 Å². The normalized spacial score (nSPS) is 24.3. The van der Waals surface area contributed by atoms with Crippen LogP contribution in [0.2, 0.25) is 0 Å². The number of rotatable bonds is 2. The fourth-order valence-electron chi connectivity index (χ4n) is 2.96. The van der Waals surface area contributed by atoms with Gasteiger partial charge >= 0.3 is 0 Å². The summed E-state index contributed by atoms with van der Waals surface area (Å²) in [6.07, 6.45) is 1.17. The highest BCUT2D eigenvalue weighted by Gasteiger charge is 2.34. The predicted octanol–water partition coefficient (Wildman–Crippen LogP) is 2.21. The number of piperidine rings is 1. The number of hydrogen-bond donors (Lipinski definition) is 1. The average Bonchev–Trinajstić information content (AvgIpc) is 2.45. The van der Waals surface area contributed by atoms with E-state index in [1.807, 2.05) is 6.07 Å². The van der Waals surface area contributed by atoms with Crippen molar-refractivity contribution in [2.75, 3.05) is 33.9 Å². The van der Waals surface area contributed by atoms with Gasteiger partial charge in [0.2, 0.25) is 0 Å². The largest absolute Gasteiger partial charge is 0.497 e. The summed E-state index contributed by atoms with van der Waals surface area (Å²) in [6.45, 7) is 2.89. The summed E-state index contributed by atoms with van der Waals surface area (Å²) in [5.41, 5.74) is 1.22. The van der Waals surface area contributed by atoms with Gasteiger partial charge in [0.15, 0.2) is 11.5 Å². The minimum Gasteiger partial charge on any atom is -0.497 e. The highest BCUT2D eigenvalue weighted by molar-refractivity contribution is 5.85. The number of hydrogen-bond acceptors (Lipinski definition) is 4. The molecule has 0 unspecified atom stereocenters. The molecule has 0 radical (unpaired) electrons. The molecule has 0 spiro atoms. The van der Waals surface area contributed by atoms with Crippen LogP contribution >= 0.6 is 12.4 Å². The van der Waals surface area contributed by atoms with Gasteiger partial charge in [-0.25, -0.2) is 0 Å². The Kier molecular flexibility index (Phi) is 4.42. The molecule has 0 saturated carbocycles. The van der Waals surface area contributed by atoms with Crippen LogP contribution in [0.25, 0.3) is 0 Å². The molecule has 19 heavy (non-hydrogen) atoms. The second-order valence-electron chi connectivity index (χ2n) is 4.92. The highest BCUT2D eigenvalue weighted by atomic mass is 35.5. The van der Waals surface area contributed by atoms with Crippen molar-refractivity contribution < 1.29 is 14.2 Å². The molecule has 1 aromatic rings. The van der Waals surface area contributed by atoms with Gasteiger partial charge < -0.3 is 19.5 Å². The number of benzene rings is 1. The zero-order valence-electron chi connectivity index (χ0n) is 11.3. The van der Waals surface area contributed by atoms with E-state index >= 15 is 0 Å². The summed E-state index contributed by atoms with van der Waals surface area (Å²) >= 11 is 0. The first-order valence-electron chi connectivity index (χ1n) is 6.43. The molecule has 3 rings (SSSR count). The van der Waals surface area contributed by atoms with Gasteiger partial charge in [0.1, 0.15) is 5.75 Å². The van der Waals surface area contributed by atoms with Crippen LogP contribution in [0.3, 0.4) is 0 Å². The summed E-state index contributed by atoms with van der Waals surface area (Å²) in [5, 5.41) is 3.46. The van der Waals surface area contributed by atoms with Crippen molar-refractivity contribution in [2.45, 2.75) is 12.3 Å². The van der Waals surface area contributed by atoms with Crippen LogP contribution in [0.4, 0.5) is 0 Å². The van der Waals surface area contributed by atoms with Crippen molar-refractivity contribution >= 4 is 12.4 Å². The second kappa shape index (κ2) is 5.88. The van der Waals surface area contributed by atoms with Gasteiger partial charge in [0, 0.05) is 30.0 Å². The number of ether oxygens (including phenoxy) is 3. The van der Waals surface area contributed by atoms with Crippen LogP contribution in [0.5, 0.6) is 17.2 Å². The summed E-state index contributed by atoms with van der Waals surface area (Å²) in [6, 6.07) is 3.97. The number of fused-ring (bicyclic) bond motifs is 3. The molecule has 1 fully saturated rings. The Morgan fingerprint density at radius 2 is 2.11 bits per heavy atom. The van der Waals surface area contributed by atoms with Crippen LogP contribution in [0.15, 0.2) is 12.1 Å². The van der Waals surface area contributed by atoms with Crippen molar-refractivity contribution in [3.63, 3.8) is 0 Å². The topological polar surface area (TPSA) is 39.7 Å². The highest BCUT2D eigenvalue weighted by Crippen LogP contribution is 2.46. The molecule has 4 nitrogen and oxygen atoms in total. The summed E-state index contributed by atoms with van der Waals surface area (Å²) in [4.78, 5) is 0. The maximum absolute atomic E-state index is 5.91. The van der Waals surface area contributed by atoms with E-state index in [4.69, 9.17) is 14.2 Å². The third-order valence-corrected chi connectivity index (χ3v) is 3.98. The lowest BCUT2D eigenvalue weighted by atomic mass is 9.80. The van der Waals surface area contributed by atoms with Gasteiger partial charge in [-0.05, 0) is 19.0 Å². The average molecular weight is 286 g/mol. The molecule has 2 heterocycles. The Hall–Kier alpha value is -1.13. The van der Waals surface area contributed by atoms with Gasteiger partial charge in [0.25, 0.3) is 0 Å². The van der Waals surface area contributed by atoms with Gasteiger partial charge in [-0.1, -0.05) is 0 Å². The molecule has 2 atom stereocenters. The monoisotopic (exact) mass is 285 g/mol. The van der Waals surface area contributed by atoms with Crippen LogP contribution in [0.1, 0.15) is 17.9 Å². The lowest BCUT2D eigenvalue weighted by molar-refractivity contribution is 0.159. The fraction of sp³-hybridized carbons (Fsp3) is 0.571. The van der Waals surface area contributed by atoms with Crippen LogP contribution in [-0.2, 0) is 0 Å². The van der Waals surface area contributed by atoms with Crippen molar-refractivity contribution in [3.05, 3.63) is 17.7 Å². The van der Waals surface area contributed by atoms with Crippen LogP contribution in [-0.4, -0.2) is 33.9 Å². The zero-order valence-corrected chi connectivity index (χ0v) is 12.1. The first kappa shape index (κ1) is 14.3. The van der Waals surface area contributed by atoms with E-state index in [-0.39, 0.29) is 12.4 Å². The molecular formula is C14H20ClNO3. The Balaban J connectivity index is 0.00000133. The molecule has 0 aliphatic carbocycles. The SMILES string of the molecule is COc1cc(OC)c2c(c1)[C@H]1CNCC[C@H]1CO2.Cl. The van der Waals surface area contributed by atoms with Gasteiger partial charge in [-0.2, -0.15) is 0 Å². The molecule has 1 N–H and O–H groups in total. The lowest BCUT2D eigenvalue weighted by Crippen LogP contribution is -2.40. The molecule has 0 bridgehead atoms. The molecule has 2 aliphatic heterocycles.